The number of amides is 1. The van der Waals surface area contributed by atoms with Gasteiger partial charge in [0.15, 0.2) is 0 Å². The maximum absolute atomic E-state index is 13.1. The summed E-state index contributed by atoms with van der Waals surface area (Å²) in [6.45, 7) is 5.90. The number of hydrogen-bond donors (Lipinski definition) is 2. The fraction of sp³-hybridized carbons (Fsp3) is 0.591. The van der Waals surface area contributed by atoms with Crippen molar-refractivity contribution in [3.8, 4) is 0 Å². The van der Waals surface area contributed by atoms with Crippen LogP contribution in [0.4, 0.5) is 5.00 Å². The van der Waals surface area contributed by atoms with Gasteiger partial charge >= 0.3 is 11.9 Å². The molecule has 2 atom stereocenters. The molecule has 1 aromatic heterocycles. The molecule has 2 N–H and O–H groups in total. The van der Waals surface area contributed by atoms with Crippen molar-refractivity contribution in [1.82, 2.24) is 0 Å². The summed E-state index contributed by atoms with van der Waals surface area (Å²) in [6.07, 6.45) is 5.70. The van der Waals surface area contributed by atoms with Crippen LogP contribution in [0.25, 0.3) is 0 Å². The molecular formula is C22H29NO5S. The summed E-state index contributed by atoms with van der Waals surface area (Å²) in [6, 6.07) is 0. The van der Waals surface area contributed by atoms with Crippen LogP contribution < -0.4 is 5.32 Å². The summed E-state index contributed by atoms with van der Waals surface area (Å²) in [5.74, 6) is -3.08. The Balaban J connectivity index is 1.91. The minimum absolute atomic E-state index is 0.268. The van der Waals surface area contributed by atoms with E-state index in [0.29, 0.717) is 23.4 Å². The number of anilines is 1. The second-order valence-electron chi connectivity index (χ2n) is 8.00. The number of thiophene rings is 1. The quantitative estimate of drug-likeness (QED) is 0.414. The number of fused-ring (bicyclic) bond motifs is 1. The third kappa shape index (κ3) is 4.55. The Morgan fingerprint density at radius 2 is 1.72 bits per heavy atom. The number of allylic oxidation sites excluding steroid dienone is 2. The molecule has 0 spiro atoms. The van der Waals surface area contributed by atoms with Crippen molar-refractivity contribution < 1.29 is 24.2 Å². The maximum atomic E-state index is 13.1. The lowest BCUT2D eigenvalue weighted by Gasteiger charge is -2.29. The number of carboxylic acids is 1. The van der Waals surface area contributed by atoms with Crippen molar-refractivity contribution in [3.63, 3.8) is 0 Å². The standard InChI is InChI=1S/C22H29NO5S/c1-4-28-22(27)18-14-8-6-5-7-9-17(14)29-20(18)23-19(24)15-10-12(2)13(3)11-16(15)21(25)26/h15-16H,4-11H2,1-3H3,(H,23,24)(H,25,26). The molecular weight excluding hydrogens is 390 g/mol. The van der Waals surface area contributed by atoms with Crippen LogP contribution in [-0.2, 0) is 27.2 Å². The van der Waals surface area contributed by atoms with Crippen LogP contribution in [0.15, 0.2) is 11.1 Å². The van der Waals surface area contributed by atoms with Gasteiger partial charge in [-0.3, -0.25) is 9.59 Å². The Bertz CT molecular complexity index is 854. The van der Waals surface area contributed by atoms with Gasteiger partial charge in [0, 0.05) is 4.88 Å². The van der Waals surface area contributed by atoms with Gasteiger partial charge in [-0.05, 0) is 64.9 Å². The molecule has 0 bridgehead atoms. The zero-order valence-electron chi connectivity index (χ0n) is 17.3. The molecule has 0 radical (unpaired) electrons. The van der Waals surface area contributed by atoms with Gasteiger partial charge in [0.25, 0.3) is 0 Å². The first-order valence-electron chi connectivity index (χ1n) is 10.3. The molecule has 3 rings (SSSR count). The van der Waals surface area contributed by atoms with Crippen molar-refractivity contribution >= 4 is 34.2 Å². The second-order valence-corrected chi connectivity index (χ2v) is 9.10. The average molecular weight is 420 g/mol. The summed E-state index contributed by atoms with van der Waals surface area (Å²) in [5.41, 5.74) is 3.56. The second kappa shape index (κ2) is 9.11. The first-order valence-corrected chi connectivity index (χ1v) is 11.2. The fourth-order valence-corrected chi connectivity index (χ4v) is 5.56. The molecule has 2 unspecified atom stereocenters. The van der Waals surface area contributed by atoms with Gasteiger partial charge in [0.1, 0.15) is 5.00 Å². The third-order valence-corrected chi connectivity index (χ3v) is 7.27. The van der Waals surface area contributed by atoms with Crippen molar-refractivity contribution in [1.29, 1.82) is 0 Å². The molecule has 0 saturated carbocycles. The number of esters is 1. The summed E-state index contributed by atoms with van der Waals surface area (Å²) in [4.78, 5) is 38.7. The molecule has 1 heterocycles. The number of carboxylic acid groups (broad SMARTS) is 1. The van der Waals surface area contributed by atoms with E-state index in [4.69, 9.17) is 4.74 Å². The minimum atomic E-state index is -0.954. The monoisotopic (exact) mass is 419 g/mol. The predicted octanol–water partition coefficient (Wildman–Crippen LogP) is 4.58. The molecule has 1 amide bonds. The highest BCUT2D eigenvalue weighted by atomic mass is 32.1. The molecule has 0 fully saturated rings. The molecule has 0 aromatic carbocycles. The van der Waals surface area contributed by atoms with Crippen LogP contribution in [0.3, 0.4) is 0 Å². The topological polar surface area (TPSA) is 92.7 Å². The van der Waals surface area contributed by atoms with E-state index in [1.807, 2.05) is 13.8 Å². The Morgan fingerprint density at radius 3 is 2.38 bits per heavy atom. The molecule has 7 heteroatoms. The normalized spacial score (nSPS) is 21.9. The number of hydrogen-bond acceptors (Lipinski definition) is 5. The average Bonchev–Trinajstić information content (AvgIpc) is 2.84. The van der Waals surface area contributed by atoms with E-state index >= 15 is 0 Å². The Hall–Kier alpha value is -2.15. The van der Waals surface area contributed by atoms with E-state index in [0.717, 1.165) is 53.7 Å². The van der Waals surface area contributed by atoms with Crippen LogP contribution in [0.1, 0.15) is 73.7 Å². The van der Waals surface area contributed by atoms with Gasteiger partial charge in [-0.15, -0.1) is 11.3 Å². The molecule has 0 aliphatic heterocycles. The van der Waals surface area contributed by atoms with E-state index in [1.165, 1.54) is 11.3 Å². The number of rotatable bonds is 5. The molecule has 29 heavy (non-hydrogen) atoms. The molecule has 2 aliphatic rings. The molecule has 2 aliphatic carbocycles. The number of aryl methyl sites for hydroxylation is 1. The molecule has 0 saturated heterocycles. The Labute approximate surface area is 175 Å². The highest BCUT2D eigenvalue weighted by Crippen LogP contribution is 2.40. The van der Waals surface area contributed by atoms with E-state index < -0.39 is 23.8 Å². The number of carbonyl (C=O) groups excluding carboxylic acids is 2. The highest BCUT2D eigenvalue weighted by molar-refractivity contribution is 7.17. The number of ether oxygens (including phenoxy) is 1. The van der Waals surface area contributed by atoms with Crippen LogP contribution in [-0.4, -0.2) is 29.6 Å². The van der Waals surface area contributed by atoms with Gasteiger partial charge in [-0.25, -0.2) is 4.79 Å². The zero-order chi connectivity index (χ0) is 21.1. The van der Waals surface area contributed by atoms with Crippen molar-refractivity contribution in [2.75, 3.05) is 11.9 Å². The zero-order valence-corrected chi connectivity index (χ0v) is 18.1. The Kier molecular flexibility index (Phi) is 6.77. The molecule has 158 valence electrons. The largest absolute Gasteiger partial charge is 0.481 e. The predicted molar refractivity (Wildman–Crippen MR) is 112 cm³/mol. The van der Waals surface area contributed by atoms with Crippen LogP contribution >= 0.6 is 11.3 Å². The van der Waals surface area contributed by atoms with E-state index in [9.17, 15) is 19.5 Å². The van der Waals surface area contributed by atoms with Gasteiger partial charge in [-0.1, -0.05) is 17.6 Å². The van der Waals surface area contributed by atoms with E-state index in [-0.39, 0.29) is 12.5 Å². The fourth-order valence-electron chi connectivity index (χ4n) is 4.28. The van der Waals surface area contributed by atoms with Crippen molar-refractivity contribution in [3.05, 3.63) is 27.2 Å². The van der Waals surface area contributed by atoms with Crippen LogP contribution in [0.5, 0.6) is 0 Å². The van der Waals surface area contributed by atoms with Crippen LogP contribution in [0.2, 0.25) is 0 Å². The molecule has 6 nitrogen and oxygen atoms in total. The third-order valence-electron chi connectivity index (χ3n) is 6.06. The van der Waals surface area contributed by atoms with Crippen molar-refractivity contribution in [2.24, 2.45) is 11.8 Å². The first-order chi connectivity index (χ1) is 13.8. The number of nitrogens with one attached hydrogen (secondary N) is 1. The van der Waals surface area contributed by atoms with Gasteiger partial charge in [-0.2, -0.15) is 0 Å². The maximum Gasteiger partial charge on any atom is 0.341 e. The number of carbonyl (C=O) groups is 3. The summed E-state index contributed by atoms with van der Waals surface area (Å²) in [5, 5.41) is 13.0. The summed E-state index contributed by atoms with van der Waals surface area (Å²) >= 11 is 1.44. The van der Waals surface area contributed by atoms with Crippen LogP contribution in [0, 0.1) is 11.8 Å². The summed E-state index contributed by atoms with van der Waals surface area (Å²) < 4.78 is 5.27. The SMILES string of the molecule is CCOC(=O)c1c(NC(=O)C2CC(C)=C(C)CC2C(=O)O)sc2c1CCCCC2. The lowest BCUT2D eigenvalue weighted by Crippen LogP contribution is -2.36. The van der Waals surface area contributed by atoms with Gasteiger partial charge < -0.3 is 15.2 Å². The Morgan fingerprint density at radius 1 is 1.07 bits per heavy atom. The highest BCUT2D eigenvalue weighted by Gasteiger charge is 2.38. The van der Waals surface area contributed by atoms with Gasteiger partial charge in [0.2, 0.25) is 5.91 Å². The smallest absolute Gasteiger partial charge is 0.341 e. The summed E-state index contributed by atoms with van der Waals surface area (Å²) in [7, 11) is 0. The van der Waals surface area contributed by atoms with E-state index in [2.05, 4.69) is 5.32 Å². The first kappa shape index (κ1) is 21.6. The van der Waals surface area contributed by atoms with Crippen molar-refractivity contribution in [2.45, 2.75) is 65.7 Å². The number of aliphatic carboxylic acids is 1. The van der Waals surface area contributed by atoms with Gasteiger partial charge in [0.05, 0.1) is 24.0 Å². The van der Waals surface area contributed by atoms with E-state index in [1.54, 1.807) is 6.92 Å². The lowest BCUT2D eigenvalue weighted by atomic mass is 9.76. The molecule has 1 aromatic rings. The lowest BCUT2D eigenvalue weighted by molar-refractivity contribution is -0.146. The minimum Gasteiger partial charge on any atom is -0.481 e.